The highest BCUT2D eigenvalue weighted by Gasteiger charge is 2.17. The fourth-order valence-corrected chi connectivity index (χ4v) is 2.51. The van der Waals surface area contributed by atoms with Crippen LogP contribution in [0.5, 0.6) is 5.75 Å². The maximum atomic E-state index is 12.1. The largest absolute Gasteiger partial charge is 0.489 e. The number of benzene rings is 2. The first-order valence-corrected chi connectivity index (χ1v) is 8.51. The minimum absolute atomic E-state index is 0.101. The summed E-state index contributed by atoms with van der Waals surface area (Å²) in [4.78, 5) is 16.9. The lowest BCUT2D eigenvalue weighted by Crippen LogP contribution is -2.29. The number of rotatable bonds is 6. The first-order chi connectivity index (χ1) is 12.4. The van der Waals surface area contributed by atoms with Gasteiger partial charge in [-0.25, -0.2) is 0 Å². The second-order valence-corrected chi connectivity index (χ2v) is 6.92. The fraction of sp³-hybridized carbons (Fsp3) is 0.333. The number of ether oxygens (including phenoxy) is 1. The van der Waals surface area contributed by atoms with Crippen molar-refractivity contribution in [2.45, 2.75) is 32.8 Å². The van der Waals surface area contributed by atoms with Crippen LogP contribution in [-0.4, -0.2) is 25.8 Å². The topological polar surface area (TPSA) is 59.9 Å². The highest BCUT2D eigenvalue weighted by molar-refractivity contribution is 6.45. The summed E-state index contributed by atoms with van der Waals surface area (Å²) in [6, 6.07) is 15.6. The Morgan fingerprint density at radius 2 is 1.73 bits per heavy atom. The van der Waals surface area contributed by atoms with Gasteiger partial charge in [-0.05, 0) is 28.7 Å². The molecule has 0 radical (unpaired) electrons. The van der Waals surface area contributed by atoms with E-state index in [1.165, 1.54) is 12.7 Å². The van der Waals surface area contributed by atoms with E-state index in [1.54, 1.807) is 7.05 Å². The summed E-state index contributed by atoms with van der Waals surface area (Å²) in [6.45, 7) is 6.85. The van der Waals surface area contributed by atoms with Crippen molar-refractivity contribution in [3.63, 3.8) is 0 Å². The minimum Gasteiger partial charge on any atom is -0.489 e. The molecule has 0 bridgehead atoms. The summed E-state index contributed by atoms with van der Waals surface area (Å²) in [6.07, 6.45) is 0. The van der Waals surface area contributed by atoms with E-state index in [0.29, 0.717) is 12.2 Å². The van der Waals surface area contributed by atoms with Crippen LogP contribution in [0.15, 0.2) is 53.7 Å². The van der Waals surface area contributed by atoms with Crippen LogP contribution in [-0.2, 0) is 21.7 Å². The van der Waals surface area contributed by atoms with Gasteiger partial charge in [0.1, 0.15) is 19.5 Å². The highest BCUT2D eigenvalue weighted by Crippen LogP contribution is 2.25. The number of hydrogen-bond acceptors (Lipinski definition) is 4. The monoisotopic (exact) mass is 354 g/mol. The first-order valence-electron chi connectivity index (χ1n) is 8.51. The number of likely N-dealkylation sites (N-methyl/N-ethyl adjacent to an activating group) is 1. The Morgan fingerprint density at radius 1 is 1.08 bits per heavy atom. The average molecular weight is 354 g/mol. The van der Waals surface area contributed by atoms with Gasteiger partial charge in [-0.3, -0.25) is 4.79 Å². The van der Waals surface area contributed by atoms with Crippen LogP contribution in [0.1, 0.15) is 37.5 Å². The molecule has 2 aromatic carbocycles. The van der Waals surface area contributed by atoms with Gasteiger partial charge in [-0.1, -0.05) is 62.3 Å². The average Bonchev–Trinajstić information content (AvgIpc) is 2.64. The van der Waals surface area contributed by atoms with Crippen LogP contribution in [0, 0.1) is 0 Å². The number of nitrogens with zero attached hydrogens (tertiary/aromatic N) is 1. The Hall–Kier alpha value is -2.82. The molecule has 26 heavy (non-hydrogen) atoms. The van der Waals surface area contributed by atoms with E-state index in [2.05, 4.69) is 43.4 Å². The maximum Gasteiger partial charge on any atom is 0.273 e. The van der Waals surface area contributed by atoms with Gasteiger partial charge in [0.15, 0.2) is 5.71 Å². The molecule has 2 rings (SSSR count). The summed E-state index contributed by atoms with van der Waals surface area (Å²) in [5.41, 5.74) is 3.10. The van der Waals surface area contributed by atoms with Crippen molar-refractivity contribution in [1.82, 2.24) is 5.32 Å². The Bertz CT molecular complexity index is 775. The fourth-order valence-electron chi connectivity index (χ4n) is 2.51. The van der Waals surface area contributed by atoms with Gasteiger partial charge in [-0.2, -0.15) is 0 Å². The van der Waals surface area contributed by atoms with Gasteiger partial charge in [0.2, 0.25) is 0 Å². The third kappa shape index (κ3) is 4.85. The molecule has 2 aromatic rings. The van der Waals surface area contributed by atoms with Crippen LogP contribution in [0.25, 0.3) is 0 Å². The predicted molar refractivity (Wildman–Crippen MR) is 104 cm³/mol. The van der Waals surface area contributed by atoms with Crippen molar-refractivity contribution in [1.29, 1.82) is 0 Å². The van der Waals surface area contributed by atoms with E-state index in [1.807, 2.05) is 36.4 Å². The molecule has 0 heterocycles. The molecular formula is C21H26N2O3. The van der Waals surface area contributed by atoms with Crippen LogP contribution < -0.4 is 10.1 Å². The van der Waals surface area contributed by atoms with Gasteiger partial charge in [-0.15, -0.1) is 0 Å². The molecule has 0 atom stereocenters. The van der Waals surface area contributed by atoms with Crippen molar-refractivity contribution in [2.75, 3.05) is 14.2 Å². The van der Waals surface area contributed by atoms with Gasteiger partial charge < -0.3 is 14.9 Å². The number of oxime groups is 1. The van der Waals surface area contributed by atoms with Crippen molar-refractivity contribution < 1.29 is 14.4 Å². The van der Waals surface area contributed by atoms with E-state index >= 15 is 0 Å². The summed E-state index contributed by atoms with van der Waals surface area (Å²) in [5.74, 6) is 0.465. The molecule has 0 spiro atoms. The van der Waals surface area contributed by atoms with Gasteiger partial charge in [0.05, 0.1) is 0 Å². The third-order valence-corrected chi connectivity index (χ3v) is 4.01. The van der Waals surface area contributed by atoms with E-state index in [-0.39, 0.29) is 17.0 Å². The SMILES string of the molecule is CNC(=O)/C(=N\OC)c1ccccc1COc1ccc(C(C)(C)C)cc1. The molecule has 138 valence electrons. The number of carbonyl (C=O) groups is 1. The molecule has 0 aliphatic rings. The molecule has 1 amide bonds. The molecule has 0 saturated carbocycles. The maximum absolute atomic E-state index is 12.1. The molecular weight excluding hydrogens is 328 g/mol. The van der Waals surface area contributed by atoms with Gasteiger partial charge >= 0.3 is 0 Å². The zero-order valence-electron chi connectivity index (χ0n) is 16.0. The molecule has 0 aliphatic heterocycles. The molecule has 0 aliphatic carbocycles. The van der Waals surface area contributed by atoms with Gasteiger partial charge in [0, 0.05) is 12.6 Å². The summed E-state index contributed by atoms with van der Waals surface area (Å²) in [5, 5.41) is 6.45. The zero-order valence-corrected chi connectivity index (χ0v) is 16.0. The van der Waals surface area contributed by atoms with E-state index in [9.17, 15) is 4.79 Å². The van der Waals surface area contributed by atoms with E-state index in [4.69, 9.17) is 9.57 Å². The second-order valence-electron chi connectivity index (χ2n) is 6.92. The summed E-state index contributed by atoms with van der Waals surface area (Å²) >= 11 is 0. The zero-order chi connectivity index (χ0) is 19.2. The first kappa shape index (κ1) is 19.5. The van der Waals surface area contributed by atoms with E-state index in [0.717, 1.165) is 11.3 Å². The molecule has 0 fully saturated rings. The lowest BCUT2D eigenvalue weighted by Gasteiger charge is -2.19. The predicted octanol–water partition coefficient (Wildman–Crippen LogP) is 3.66. The summed E-state index contributed by atoms with van der Waals surface area (Å²) in [7, 11) is 2.97. The van der Waals surface area contributed by atoms with Crippen LogP contribution in [0.3, 0.4) is 0 Å². The quantitative estimate of drug-likeness (QED) is 0.636. The Kier molecular flexibility index (Phi) is 6.39. The number of carbonyl (C=O) groups excluding carboxylic acids is 1. The standard InChI is InChI=1S/C21H26N2O3/c1-21(2,3)16-10-12-17(13-11-16)26-14-15-8-6-7-9-18(15)19(23-25-5)20(24)22-4/h6-13H,14H2,1-5H3,(H,22,24)/b23-19-. The number of hydrogen-bond donors (Lipinski definition) is 1. The molecule has 0 saturated heterocycles. The molecule has 1 N–H and O–H groups in total. The Labute approximate surface area is 155 Å². The second kappa shape index (κ2) is 8.52. The lowest BCUT2D eigenvalue weighted by atomic mass is 9.87. The van der Waals surface area contributed by atoms with Crippen LogP contribution in [0.4, 0.5) is 0 Å². The number of amides is 1. The molecule has 0 aromatic heterocycles. The van der Waals surface area contributed by atoms with E-state index < -0.39 is 0 Å². The van der Waals surface area contributed by atoms with Crippen molar-refractivity contribution in [2.24, 2.45) is 5.16 Å². The lowest BCUT2D eigenvalue weighted by molar-refractivity contribution is -0.114. The minimum atomic E-state index is -0.311. The van der Waals surface area contributed by atoms with Crippen molar-refractivity contribution >= 4 is 11.6 Å². The van der Waals surface area contributed by atoms with Crippen molar-refractivity contribution in [3.8, 4) is 5.75 Å². The third-order valence-electron chi connectivity index (χ3n) is 4.01. The molecule has 5 nitrogen and oxygen atoms in total. The molecule has 5 heteroatoms. The Morgan fingerprint density at radius 3 is 2.31 bits per heavy atom. The van der Waals surface area contributed by atoms with Gasteiger partial charge in [0.25, 0.3) is 5.91 Å². The van der Waals surface area contributed by atoms with Crippen LogP contribution >= 0.6 is 0 Å². The highest BCUT2D eigenvalue weighted by atomic mass is 16.6. The molecule has 0 unspecified atom stereocenters. The van der Waals surface area contributed by atoms with Crippen LogP contribution in [0.2, 0.25) is 0 Å². The summed E-state index contributed by atoms with van der Waals surface area (Å²) < 4.78 is 5.91. The smallest absolute Gasteiger partial charge is 0.273 e. The van der Waals surface area contributed by atoms with Crippen molar-refractivity contribution in [3.05, 3.63) is 65.2 Å². The normalized spacial score (nSPS) is 11.8. The Balaban J connectivity index is 2.20. The number of nitrogens with one attached hydrogen (secondary N) is 1.